The third-order valence-electron chi connectivity index (χ3n) is 3.01. The van der Waals surface area contributed by atoms with Crippen LogP contribution in [0.25, 0.3) is 0 Å². The molecular formula is C14H17ClN2OS. The van der Waals surface area contributed by atoms with Gasteiger partial charge >= 0.3 is 0 Å². The third-order valence-corrected chi connectivity index (χ3v) is 4.39. The van der Waals surface area contributed by atoms with Crippen LogP contribution in [0.2, 0.25) is 5.02 Å². The van der Waals surface area contributed by atoms with Crippen molar-refractivity contribution in [1.29, 1.82) is 0 Å². The molecule has 0 fully saturated rings. The number of rotatable bonds is 5. The number of hydrazine groups is 1. The average Bonchev–Trinajstić information content (AvgIpc) is 2.86. The fraction of sp³-hybridized carbons (Fsp3) is 0.286. The smallest absolute Gasteiger partial charge is 0.129 e. The quantitative estimate of drug-likeness (QED) is 0.656. The molecule has 3 nitrogen and oxygen atoms in total. The van der Waals surface area contributed by atoms with Crippen LogP contribution in [0.1, 0.15) is 22.0 Å². The highest BCUT2D eigenvalue weighted by atomic mass is 35.5. The normalized spacial score (nSPS) is 12.4. The first kappa shape index (κ1) is 14.3. The zero-order valence-corrected chi connectivity index (χ0v) is 12.5. The number of ether oxygens (including phenoxy) is 1. The molecule has 102 valence electrons. The van der Waals surface area contributed by atoms with Crippen molar-refractivity contribution in [1.82, 2.24) is 5.43 Å². The molecule has 1 aromatic carbocycles. The van der Waals surface area contributed by atoms with Crippen LogP contribution in [0.4, 0.5) is 0 Å². The standard InChI is InChI=1S/C14H17ClN2OS/c1-9-3-4-10(12(15)5-9)6-13(17-16)14-7-11(18-2)8-19-14/h3-5,7-8,13,17H,6,16H2,1-2H3. The summed E-state index contributed by atoms with van der Waals surface area (Å²) in [6.45, 7) is 2.03. The van der Waals surface area contributed by atoms with Crippen LogP contribution in [-0.2, 0) is 6.42 Å². The molecule has 0 aliphatic heterocycles. The molecule has 1 aromatic heterocycles. The van der Waals surface area contributed by atoms with E-state index in [1.54, 1.807) is 18.4 Å². The number of nitrogens with two attached hydrogens (primary N) is 1. The Morgan fingerprint density at radius 1 is 1.42 bits per heavy atom. The minimum atomic E-state index is 0.0362. The van der Waals surface area contributed by atoms with E-state index in [0.29, 0.717) is 0 Å². The Labute approximate surface area is 122 Å². The molecule has 2 rings (SSSR count). The molecule has 2 aromatic rings. The van der Waals surface area contributed by atoms with Crippen molar-refractivity contribution >= 4 is 22.9 Å². The van der Waals surface area contributed by atoms with E-state index in [-0.39, 0.29) is 6.04 Å². The summed E-state index contributed by atoms with van der Waals surface area (Å²) >= 11 is 7.89. The molecule has 19 heavy (non-hydrogen) atoms. The van der Waals surface area contributed by atoms with Crippen LogP contribution in [-0.4, -0.2) is 7.11 Å². The number of methoxy groups -OCH3 is 1. The van der Waals surface area contributed by atoms with Gasteiger partial charge in [-0.15, -0.1) is 11.3 Å². The molecule has 0 bridgehead atoms. The predicted molar refractivity (Wildman–Crippen MR) is 80.8 cm³/mol. The predicted octanol–water partition coefficient (Wildman–Crippen LogP) is 3.47. The zero-order valence-electron chi connectivity index (χ0n) is 10.9. The fourth-order valence-corrected chi connectivity index (χ4v) is 3.13. The summed E-state index contributed by atoms with van der Waals surface area (Å²) in [5.74, 6) is 6.51. The van der Waals surface area contributed by atoms with E-state index < -0.39 is 0 Å². The van der Waals surface area contributed by atoms with Gasteiger partial charge in [0.15, 0.2) is 0 Å². The van der Waals surface area contributed by atoms with Crippen molar-refractivity contribution in [3.8, 4) is 5.75 Å². The molecule has 0 saturated heterocycles. The molecule has 0 spiro atoms. The van der Waals surface area contributed by atoms with Crippen molar-refractivity contribution in [3.63, 3.8) is 0 Å². The summed E-state index contributed by atoms with van der Waals surface area (Å²) in [5.41, 5.74) is 5.08. The number of aryl methyl sites for hydroxylation is 1. The third kappa shape index (κ3) is 3.48. The van der Waals surface area contributed by atoms with Crippen molar-refractivity contribution in [2.45, 2.75) is 19.4 Å². The number of benzene rings is 1. The van der Waals surface area contributed by atoms with Crippen molar-refractivity contribution in [2.24, 2.45) is 5.84 Å². The van der Waals surface area contributed by atoms with Gasteiger partial charge in [-0.25, -0.2) is 0 Å². The van der Waals surface area contributed by atoms with E-state index >= 15 is 0 Å². The SMILES string of the molecule is COc1csc(C(Cc2ccc(C)cc2Cl)NN)c1. The van der Waals surface area contributed by atoms with Crippen molar-refractivity contribution in [3.05, 3.63) is 50.7 Å². The molecule has 1 unspecified atom stereocenters. The number of halogens is 1. The molecular weight excluding hydrogens is 280 g/mol. The molecule has 0 radical (unpaired) electrons. The average molecular weight is 297 g/mol. The second-order valence-electron chi connectivity index (χ2n) is 4.41. The second kappa shape index (κ2) is 6.39. The van der Waals surface area contributed by atoms with Crippen LogP contribution in [0.5, 0.6) is 5.75 Å². The highest BCUT2D eigenvalue weighted by Crippen LogP contribution is 2.30. The Morgan fingerprint density at radius 3 is 2.79 bits per heavy atom. The lowest BCUT2D eigenvalue weighted by Gasteiger charge is -2.15. The number of hydrogen-bond acceptors (Lipinski definition) is 4. The first-order valence-corrected chi connectivity index (χ1v) is 7.23. The van der Waals surface area contributed by atoms with Crippen LogP contribution >= 0.6 is 22.9 Å². The minimum absolute atomic E-state index is 0.0362. The monoisotopic (exact) mass is 296 g/mol. The Hall–Kier alpha value is -1.07. The molecule has 0 aliphatic rings. The van der Waals surface area contributed by atoms with E-state index in [2.05, 4.69) is 11.5 Å². The summed E-state index contributed by atoms with van der Waals surface area (Å²) in [6, 6.07) is 8.11. The van der Waals surface area contributed by atoms with Gasteiger partial charge in [-0.3, -0.25) is 11.3 Å². The Morgan fingerprint density at radius 2 is 2.21 bits per heavy atom. The van der Waals surface area contributed by atoms with Crippen LogP contribution in [0.3, 0.4) is 0 Å². The minimum Gasteiger partial charge on any atom is -0.496 e. The highest BCUT2D eigenvalue weighted by Gasteiger charge is 2.15. The van der Waals surface area contributed by atoms with Crippen LogP contribution in [0.15, 0.2) is 29.6 Å². The molecule has 0 amide bonds. The molecule has 5 heteroatoms. The van der Waals surface area contributed by atoms with E-state index in [0.717, 1.165) is 33.2 Å². The largest absolute Gasteiger partial charge is 0.496 e. The van der Waals surface area contributed by atoms with Gasteiger partial charge in [0, 0.05) is 15.3 Å². The van der Waals surface area contributed by atoms with Crippen molar-refractivity contribution < 1.29 is 4.74 Å². The summed E-state index contributed by atoms with van der Waals surface area (Å²) in [6.07, 6.45) is 0.749. The number of hydrogen-bond donors (Lipinski definition) is 2. The number of nitrogens with one attached hydrogen (secondary N) is 1. The van der Waals surface area contributed by atoms with Gasteiger partial charge in [-0.05, 0) is 36.6 Å². The van der Waals surface area contributed by atoms with E-state index in [1.165, 1.54) is 0 Å². The molecule has 0 aliphatic carbocycles. The maximum absolute atomic E-state index is 6.26. The summed E-state index contributed by atoms with van der Waals surface area (Å²) < 4.78 is 5.19. The maximum Gasteiger partial charge on any atom is 0.129 e. The highest BCUT2D eigenvalue weighted by molar-refractivity contribution is 7.10. The summed E-state index contributed by atoms with van der Waals surface area (Å²) in [5, 5.41) is 2.75. The lowest BCUT2D eigenvalue weighted by Crippen LogP contribution is -2.29. The maximum atomic E-state index is 6.26. The topological polar surface area (TPSA) is 47.3 Å². The Kier molecular flexibility index (Phi) is 4.82. The first-order valence-electron chi connectivity index (χ1n) is 5.97. The van der Waals surface area contributed by atoms with Gasteiger partial charge in [-0.2, -0.15) is 0 Å². The molecule has 3 N–H and O–H groups in total. The Balaban J connectivity index is 2.18. The zero-order chi connectivity index (χ0) is 13.8. The lowest BCUT2D eigenvalue weighted by atomic mass is 10.0. The van der Waals surface area contributed by atoms with Gasteiger partial charge in [0.2, 0.25) is 0 Å². The van der Waals surface area contributed by atoms with Gasteiger partial charge in [-0.1, -0.05) is 23.7 Å². The van der Waals surface area contributed by atoms with E-state index in [1.807, 2.05) is 30.5 Å². The number of thiophene rings is 1. The lowest BCUT2D eigenvalue weighted by molar-refractivity contribution is 0.415. The van der Waals surface area contributed by atoms with Gasteiger partial charge < -0.3 is 4.74 Å². The summed E-state index contributed by atoms with van der Waals surface area (Å²) in [7, 11) is 1.66. The first-order chi connectivity index (χ1) is 9.13. The van der Waals surface area contributed by atoms with Gasteiger partial charge in [0.05, 0.1) is 13.2 Å². The van der Waals surface area contributed by atoms with Crippen LogP contribution < -0.4 is 16.0 Å². The Bertz CT molecular complexity index is 556. The van der Waals surface area contributed by atoms with Crippen LogP contribution in [0, 0.1) is 6.92 Å². The van der Waals surface area contributed by atoms with Crippen molar-refractivity contribution in [2.75, 3.05) is 7.11 Å². The van der Waals surface area contributed by atoms with E-state index in [9.17, 15) is 0 Å². The van der Waals surface area contributed by atoms with E-state index in [4.69, 9.17) is 22.2 Å². The molecule has 0 saturated carbocycles. The second-order valence-corrected chi connectivity index (χ2v) is 5.76. The van der Waals surface area contributed by atoms with Gasteiger partial charge in [0.1, 0.15) is 5.75 Å². The molecule has 1 heterocycles. The summed E-state index contributed by atoms with van der Waals surface area (Å²) in [4.78, 5) is 1.14. The molecule has 1 atom stereocenters. The van der Waals surface area contributed by atoms with Gasteiger partial charge in [0.25, 0.3) is 0 Å². The fourth-order valence-electron chi connectivity index (χ4n) is 1.90.